The molecule has 0 saturated heterocycles. The molecule has 4 rings (SSSR count). The second kappa shape index (κ2) is 10.0. The molecule has 2 amide bonds. The number of carbonyl (C=O) groups excluding carboxylic acids is 2. The first-order valence-corrected chi connectivity index (χ1v) is 13.1. The van der Waals surface area contributed by atoms with Gasteiger partial charge >= 0.3 is 6.18 Å². The van der Waals surface area contributed by atoms with Crippen LogP contribution in [0, 0.1) is 11.3 Å². The van der Waals surface area contributed by atoms with Crippen LogP contribution in [-0.2, 0) is 19.0 Å². The minimum absolute atomic E-state index is 0.0439. The van der Waals surface area contributed by atoms with Gasteiger partial charge in [-0.05, 0) is 72.6 Å². The summed E-state index contributed by atoms with van der Waals surface area (Å²) in [5.74, 6) is -0.488. The number of hydrogen-bond donors (Lipinski definition) is 2. The predicted molar refractivity (Wildman–Crippen MR) is 141 cm³/mol. The summed E-state index contributed by atoms with van der Waals surface area (Å²) in [6.07, 6.45) is -2.20. The van der Waals surface area contributed by atoms with Crippen molar-refractivity contribution >= 4 is 49.8 Å². The van der Waals surface area contributed by atoms with E-state index in [4.69, 9.17) is 0 Å². The van der Waals surface area contributed by atoms with E-state index in [2.05, 4.69) is 47.3 Å². The molecule has 0 radical (unpaired) electrons. The van der Waals surface area contributed by atoms with Crippen molar-refractivity contribution in [3.8, 4) is 0 Å². The fourth-order valence-electron chi connectivity index (χ4n) is 4.43. The van der Waals surface area contributed by atoms with Gasteiger partial charge in [0, 0.05) is 20.6 Å². The van der Waals surface area contributed by atoms with Crippen molar-refractivity contribution in [1.82, 2.24) is 0 Å². The summed E-state index contributed by atoms with van der Waals surface area (Å²) in [6, 6.07) is 11.4. The molecular formula is C27H26BrF3N2O2S. The lowest BCUT2D eigenvalue weighted by Gasteiger charge is -2.33. The van der Waals surface area contributed by atoms with E-state index < -0.39 is 17.6 Å². The van der Waals surface area contributed by atoms with Gasteiger partial charge in [-0.1, -0.05) is 48.8 Å². The standard InChI is InChI=1S/C27H26BrF3N2O2S/c1-26(2,3)16-10-11-20-21(14-16)36-25(33-23(34)15-6-4-8-18(28)12-15)22(20)24(35)32-19-9-5-7-17(13-19)27(29,30)31/h4-9,12-13,16H,10-11,14H2,1-3H3,(H,32,35)(H,33,34). The number of halogens is 4. The van der Waals surface area contributed by atoms with Crippen molar-refractivity contribution in [1.29, 1.82) is 0 Å². The summed E-state index contributed by atoms with van der Waals surface area (Å²) < 4.78 is 40.3. The van der Waals surface area contributed by atoms with Crippen molar-refractivity contribution < 1.29 is 22.8 Å². The Hall–Kier alpha value is -2.65. The summed E-state index contributed by atoms with van der Waals surface area (Å²) in [5.41, 5.74) is 0.887. The van der Waals surface area contributed by atoms with Gasteiger partial charge in [0.1, 0.15) is 5.00 Å². The average Bonchev–Trinajstić information content (AvgIpc) is 3.15. The molecule has 0 aliphatic heterocycles. The van der Waals surface area contributed by atoms with Gasteiger partial charge in [-0.3, -0.25) is 9.59 Å². The van der Waals surface area contributed by atoms with Gasteiger partial charge < -0.3 is 10.6 Å². The largest absolute Gasteiger partial charge is 0.416 e. The number of benzene rings is 2. The number of hydrogen-bond acceptors (Lipinski definition) is 3. The smallest absolute Gasteiger partial charge is 0.322 e. The Bertz CT molecular complexity index is 1310. The Labute approximate surface area is 220 Å². The zero-order chi connectivity index (χ0) is 26.3. The van der Waals surface area contributed by atoms with Crippen LogP contribution in [0.2, 0.25) is 0 Å². The van der Waals surface area contributed by atoms with Crippen LogP contribution < -0.4 is 10.6 Å². The first-order chi connectivity index (χ1) is 16.8. The predicted octanol–water partition coefficient (Wildman–Crippen LogP) is 8.19. The first kappa shape index (κ1) is 26.4. The Morgan fingerprint density at radius 3 is 2.39 bits per heavy atom. The van der Waals surface area contributed by atoms with Crippen molar-refractivity contribution in [2.45, 2.75) is 46.2 Å². The third-order valence-corrected chi connectivity index (χ3v) is 8.14. The average molecular weight is 579 g/mol. The molecule has 1 aliphatic carbocycles. The summed E-state index contributed by atoms with van der Waals surface area (Å²) in [4.78, 5) is 27.5. The topological polar surface area (TPSA) is 58.2 Å². The third-order valence-electron chi connectivity index (χ3n) is 6.48. The van der Waals surface area contributed by atoms with E-state index in [1.54, 1.807) is 24.3 Å². The van der Waals surface area contributed by atoms with Gasteiger partial charge in [0.2, 0.25) is 0 Å². The van der Waals surface area contributed by atoms with Crippen LogP contribution in [0.5, 0.6) is 0 Å². The molecule has 0 saturated carbocycles. The Morgan fingerprint density at radius 2 is 1.72 bits per heavy atom. The van der Waals surface area contributed by atoms with Crippen LogP contribution in [0.3, 0.4) is 0 Å². The first-order valence-electron chi connectivity index (χ1n) is 11.5. The molecular weight excluding hydrogens is 553 g/mol. The molecule has 0 spiro atoms. The van der Waals surface area contributed by atoms with Crippen molar-refractivity contribution in [3.05, 3.63) is 80.1 Å². The maximum absolute atomic E-state index is 13.4. The zero-order valence-corrected chi connectivity index (χ0v) is 22.5. The second-order valence-electron chi connectivity index (χ2n) is 10.0. The lowest BCUT2D eigenvalue weighted by atomic mass is 9.72. The van der Waals surface area contributed by atoms with Gasteiger partial charge in [0.25, 0.3) is 11.8 Å². The number of rotatable bonds is 4. The van der Waals surface area contributed by atoms with Crippen molar-refractivity contribution in [3.63, 3.8) is 0 Å². The number of fused-ring (bicyclic) bond motifs is 1. The SMILES string of the molecule is CC(C)(C)C1CCc2c(sc(NC(=O)c3cccc(Br)c3)c2C(=O)Nc2cccc(C(F)(F)F)c2)C1. The second-order valence-corrected chi connectivity index (χ2v) is 12.0. The molecule has 1 heterocycles. The highest BCUT2D eigenvalue weighted by atomic mass is 79.9. The van der Waals surface area contributed by atoms with Crippen LogP contribution in [0.25, 0.3) is 0 Å². The Kier molecular flexibility index (Phi) is 7.35. The summed E-state index contributed by atoms with van der Waals surface area (Å²) in [6.45, 7) is 6.56. The van der Waals surface area contributed by atoms with Crippen LogP contribution in [0.4, 0.5) is 23.9 Å². The minimum atomic E-state index is -4.52. The lowest BCUT2D eigenvalue weighted by Crippen LogP contribution is -2.27. The highest BCUT2D eigenvalue weighted by molar-refractivity contribution is 9.10. The number of anilines is 2. The number of thiophene rings is 1. The highest BCUT2D eigenvalue weighted by Gasteiger charge is 2.35. The normalized spacial score (nSPS) is 15.8. The molecule has 36 heavy (non-hydrogen) atoms. The van der Waals surface area contributed by atoms with Gasteiger partial charge in [-0.25, -0.2) is 0 Å². The summed E-state index contributed by atoms with van der Waals surface area (Å²) in [5, 5.41) is 5.91. The van der Waals surface area contributed by atoms with Crippen LogP contribution in [0.15, 0.2) is 53.0 Å². The van der Waals surface area contributed by atoms with Gasteiger partial charge in [-0.2, -0.15) is 13.2 Å². The van der Waals surface area contributed by atoms with E-state index in [1.807, 2.05) is 0 Å². The molecule has 1 unspecified atom stereocenters. The monoisotopic (exact) mass is 578 g/mol. The fraction of sp³-hybridized carbons (Fsp3) is 0.333. The van der Waals surface area contributed by atoms with Crippen LogP contribution in [-0.4, -0.2) is 11.8 Å². The van der Waals surface area contributed by atoms with Gasteiger partial charge in [-0.15, -0.1) is 11.3 Å². The Balaban J connectivity index is 1.69. The number of carbonyl (C=O) groups is 2. The molecule has 1 aromatic heterocycles. The van der Waals surface area contributed by atoms with E-state index in [0.29, 0.717) is 28.5 Å². The highest BCUT2D eigenvalue weighted by Crippen LogP contribution is 2.44. The van der Waals surface area contributed by atoms with E-state index in [-0.39, 0.29) is 17.0 Å². The third kappa shape index (κ3) is 5.83. The maximum Gasteiger partial charge on any atom is 0.416 e. The molecule has 2 aromatic carbocycles. The zero-order valence-electron chi connectivity index (χ0n) is 20.1. The van der Waals surface area contributed by atoms with E-state index in [1.165, 1.54) is 23.5 Å². The molecule has 4 nitrogen and oxygen atoms in total. The molecule has 190 valence electrons. The molecule has 9 heteroatoms. The Morgan fingerprint density at radius 1 is 1.00 bits per heavy atom. The maximum atomic E-state index is 13.4. The van der Waals surface area contributed by atoms with E-state index >= 15 is 0 Å². The quantitative estimate of drug-likeness (QED) is 0.328. The summed E-state index contributed by atoms with van der Waals surface area (Å²) >= 11 is 4.73. The minimum Gasteiger partial charge on any atom is -0.322 e. The van der Waals surface area contributed by atoms with Crippen LogP contribution >= 0.6 is 27.3 Å². The van der Waals surface area contributed by atoms with E-state index in [0.717, 1.165) is 39.9 Å². The number of alkyl halides is 3. The molecule has 0 fully saturated rings. The molecule has 0 bridgehead atoms. The van der Waals surface area contributed by atoms with Crippen LogP contribution in [0.1, 0.15) is 63.9 Å². The summed E-state index contributed by atoms with van der Waals surface area (Å²) in [7, 11) is 0. The lowest BCUT2D eigenvalue weighted by molar-refractivity contribution is -0.137. The molecule has 3 aromatic rings. The number of amides is 2. The molecule has 2 N–H and O–H groups in total. The molecule has 1 atom stereocenters. The van der Waals surface area contributed by atoms with Gasteiger partial charge in [0.05, 0.1) is 11.1 Å². The van der Waals surface area contributed by atoms with E-state index in [9.17, 15) is 22.8 Å². The fourth-order valence-corrected chi connectivity index (χ4v) is 6.14. The van der Waals surface area contributed by atoms with Gasteiger partial charge in [0.15, 0.2) is 0 Å². The number of nitrogens with one attached hydrogen (secondary N) is 2. The molecule has 1 aliphatic rings. The van der Waals surface area contributed by atoms with Crippen molar-refractivity contribution in [2.75, 3.05) is 10.6 Å². The van der Waals surface area contributed by atoms with Crippen molar-refractivity contribution in [2.24, 2.45) is 11.3 Å².